The number of carbonyl (C=O) groups is 1. The highest BCUT2D eigenvalue weighted by Gasteiger charge is 2.08. The quantitative estimate of drug-likeness (QED) is 0.447. The minimum atomic E-state index is -0.955. The zero-order chi connectivity index (χ0) is 9.98. The number of rotatable bonds is 4. The number of aliphatic carboxylic acids is 1. The Morgan fingerprint density at radius 2 is 2.00 bits per heavy atom. The van der Waals surface area contributed by atoms with E-state index in [0.29, 0.717) is 19.4 Å². The lowest BCUT2D eigenvalue weighted by Crippen LogP contribution is -2.30. The van der Waals surface area contributed by atoms with Crippen LogP contribution in [-0.4, -0.2) is 35.4 Å². The van der Waals surface area contributed by atoms with Crippen LogP contribution >= 0.6 is 0 Å². The zero-order valence-corrected chi connectivity index (χ0v) is 7.36. The Hall–Kier alpha value is -0.650. The van der Waals surface area contributed by atoms with E-state index in [-0.39, 0.29) is 6.61 Å². The molecule has 0 aliphatic rings. The largest absolute Gasteiger partial charge is 0.480 e. The van der Waals surface area contributed by atoms with Crippen LogP contribution in [0.5, 0.6) is 0 Å². The van der Waals surface area contributed by atoms with E-state index in [1.807, 2.05) is 0 Å². The number of hydrogen-bond donors (Lipinski definition) is 4. The molecule has 0 rings (SSSR count). The number of carboxylic acid groups (broad SMARTS) is 1. The normalized spacial score (nSPS) is 11.3. The maximum absolute atomic E-state index is 10.0. The Kier molecular flexibility index (Phi) is 12.0. The van der Waals surface area contributed by atoms with Crippen molar-refractivity contribution in [2.45, 2.75) is 25.8 Å². The topological polar surface area (TPSA) is 110 Å². The first-order chi connectivity index (χ1) is 5.59. The molecule has 1 atom stereocenters. The van der Waals surface area contributed by atoms with Crippen molar-refractivity contribution in [3.63, 3.8) is 0 Å². The van der Waals surface area contributed by atoms with E-state index in [1.54, 1.807) is 6.92 Å². The summed E-state index contributed by atoms with van der Waals surface area (Å²) in [7, 11) is 0. The fourth-order valence-corrected chi connectivity index (χ4v) is 0.461. The first kappa shape index (κ1) is 13.9. The van der Waals surface area contributed by atoms with Gasteiger partial charge in [-0.25, -0.2) is 0 Å². The molecule has 0 aromatic carbocycles. The molecule has 0 aliphatic heterocycles. The van der Waals surface area contributed by atoms with E-state index in [9.17, 15) is 4.79 Å². The summed E-state index contributed by atoms with van der Waals surface area (Å²) >= 11 is 0. The minimum Gasteiger partial charge on any atom is -0.480 e. The smallest absolute Gasteiger partial charge is 0.320 e. The van der Waals surface area contributed by atoms with E-state index in [0.717, 1.165) is 0 Å². The van der Waals surface area contributed by atoms with E-state index in [1.165, 1.54) is 0 Å². The molecule has 0 saturated carbocycles. The van der Waals surface area contributed by atoms with Gasteiger partial charge in [0.1, 0.15) is 6.04 Å². The second-order valence-electron chi connectivity index (χ2n) is 2.19. The molecule has 0 saturated heterocycles. The molecule has 12 heavy (non-hydrogen) atoms. The van der Waals surface area contributed by atoms with Crippen LogP contribution in [0.15, 0.2) is 0 Å². The molecule has 74 valence electrons. The summed E-state index contributed by atoms with van der Waals surface area (Å²) in [6.45, 7) is 2.43. The van der Waals surface area contributed by atoms with Crippen LogP contribution in [0.4, 0.5) is 0 Å². The van der Waals surface area contributed by atoms with Crippen LogP contribution in [0.1, 0.15) is 19.8 Å². The summed E-state index contributed by atoms with van der Waals surface area (Å²) in [5.41, 5.74) is 10.3. The summed E-state index contributed by atoms with van der Waals surface area (Å²) in [6, 6.07) is -0.742. The van der Waals surface area contributed by atoms with Gasteiger partial charge in [-0.2, -0.15) is 0 Å². The molecule has 0 bridgehead atoms. The Morgan fingerprint density at radius 1 is 1.58 bits per heavy atom. The fraction of sp³-hybridized carbons (Fsp3) is 0.857. The SMILES string of the molecule is CCO.NCCC[C@H](N)C(=O)O. The molecular formula is C7H18N2O3. The first-order valence-electron chi connectivity index (χ1n) is 3.89. The van der Waals surface area contributed by atoms with Crippen LogP contribution in [0.3, 0.4) is 0 Å². The van der Waals surface area contributed by atoms with Crippen molar-refractivity contribution in [2.24, 2.45) is 11.5 Å². The van der Waals surface area contributed by atoms with Gasteiger partial charge < -0.3 is 21.7 Å². The number of aliphatic hydroxyl groups excluding tert-OH is 1. The molecule has 0 aliphatic carbocycles. The van der Waals surface area contributed by atoms with Crippen molar-refractivity contribution in [2.75, 3.05) is 13.2 Å². The Morgan fingerprint density at radius 3 is 2.25 bits per heavy atom. The van der Waals surface area contributed by atoms with Gasteiger partial charge >= 0.3 is 5.97 Å². The highest BCUT2D eigenvalue weighted by atomic mass is 16.4. The summed E-state index contributed by atoms with van der Waals surface area (Å²) in [4.78, 5) is 10.0. The highest BCUT2D eigenvalue weighted by Crippen LogP contribution is 1.91. The van der Waals surface area contributed by atoms with Gasteiger partial charge in [0.25, 0.3) is 0 Å². The van der Waals surface area contributed by atoms with Crippen molar-refractivity contribution in [3.8, 4) is 0 Å². The number of hydrogen-bond acceptors (Lipinski definition) is 4. The lowest BCUT2D eigenvalue weighted by atomic mass is 10.2. The third-order valence-corrected chi connectivity index (χ3v) is 1.04. The van der Waals surface area contributed by atoms with Gasteiger partial charge in [-0.15, -0.1) is 0 Å². The Bertz CT molecular complexity index is 109. The second kappa shape index (κ2) is 10.3. The van der Waals surface area contributed by atoms with Crippen LogP contribution in [0, 0.1) is 0 Å². The molecule has 0 spiro atoms. The molecule has 0 unspecified atom stereocenters. The van der Waals surface area contributed by atoms with Crippen LogP contribution in [0.25, 0.3) is 0 Å². The molecule has 5 nitrogen and oxygen atoms in total. The molecule has 0 aromatic heterocycles. The van der Waals surface area contributed by atoms with Gasteiger partial charge in [-0.3, -0.25) is 4.79 Å². The summed E-state index contributed by atoms with van der Waals surface area (Å²) < 4.78 is 0. The number of carboxylic acids is 1. The third kappa shape index (κ3) is 12.1. The fourth-order valence-electron chi connectivity index (χ4n) is 0.461. The summed E-state index contributed by atoms with van der Waals surface area (Å²) in [5, 5.41) is 15.8. The van der Waals surface area contributed by atoms with E-state index in [2.05, 4.69) is 0 Å². The molecule has 5 heteroatoms. The van der Waals surface area contributed by atoms with Crippen molar-refractivity contribution < 1.29 is 15.0 Å². The number of nitrogens with two attached hydrogens (primary N) is 2. The van der Waals surface area contributed by atoms with Gasteiger partial charge in [0.05, 0.1) is 0 Å². The highest BCUT2D eigenvalue weighted by molar-refractivity contribution is 5.72. The van der Waals surface area contributed by atoms with E-state index in [4.69, 9.17) is 21.7 Å². The second-order valence-corrected chi connectivity index (χ2v) is 2.19. The average molecular weight is 178 g/mol. The standard InChI is InChI=1S/C5H12N2O2.C2H6O/c6-3-1-2-4(7)5(8)9;1-2-3/h4H,1-3,6-7H2,(H,8,9);3H,2H2,1H3/t4-;/m0./s1. The van der Waals surface area contributed by atoms with Crippen LogP contribution in [-0.2, 0) is 4.79 Å². The van der Waals surface area contributed by atoms with Gasteiger partial charge in [0.2, 0.25) is 0 Å². The van der Waals surface area contributed by atoms with Crippen molar-refractivity contribution >= 4 is 5.97 Å². The minimum absolute atomic E-state index is 0.250. The molecule has 0 aromatic rings. The first-order valence-corrected chi connectivity index (χ1v) is 3.89. The third-order valence-electron chi connectivity index (χ3n) is 1.04. The van der Waals surface area contributed by atoms with Crippen molar-refractivity contribution in [1.82, 2.24) is 0 Å². The van der Waals surface area contributed by atoms with Gasteiger partial charge in [-0.1, -0.05) is 0 Å². The summed E-state index contributed by atoms with van der Waals surface area (Å²) in [5.74, 6) is -0.955. The maximum Gasteiger partial charge on any atom is 0.320 e. The molecule has 0 fully saturated rings. The van der Waals surface area contributed by atoms with Crippen LogP contribution in [0.2, 0.25) is 0 Å². The molecule has 6 N–H and O–H groups in total. The Balaban J connectivity index is 0. The van der Waals surface area contributed by atoms with Crippen LogP contribution < -0.4 is 11.5 Å². The van der Waals surface area contributed by atoms with E-state index >= 15 is 0 Å². The predicted octanol–water partition coefficient (Wildman–Crippen LogP) is -0.864. The zero-order valence-electron chi connectivity index (χ0n) is 7.36. The molecule has 0 radical (unpaired) electrons. The lowest BCUT2D eigenvalue weighted by molar-refractivity contribution is -0.138. The Labute approximate surface area is 72.4 Å². The van der Waals surface area contributed by atoms with Crippen molar-refractivity contribution in [1.29, 1.82) is 0 Å². The molecule has 0 heterocycles. The molecular weight excluding hydrogens is 160 g/mol. The van der Waals surface area contributed by atoms with E-state index < -0.39 is 12.0 Å². The lowest BCUT2D eigenvalue weighted by Gasteiger charge is -2.02. The molecule has 0 amide bonds. The summed E-state index contributed by atoms with van der Waals surface area (Å²) in [6.07, 6.45) is 1.14. The van der Waals surface area contributed by atoms with Crippen molar-refractivity contribution in [3.05, 3.63) is 0 Å². The number of aliphatic hydroxyl groups is 1. The monoisotopic (exact) mass is 178 g/mol. The maximum atomic E-state index is 10.0. The van der Waals surface area contributed by atoms with Gasteiger partial charge in [-0.05, 0) is 26.3 Å². The average Bonchev–Trinajstić information content (AvgIpc) is 2.01. The predicted molar refractivity (Wildman–Crippen MR) is 46.7 cm³/mol. The van der Waals surface area contributed by atoms with Gasteiger partial charge in [0.15, 0.2) is 0 Å². The van der Waals surface area contributed by atoms with Gasteiger partial charge in [0, 0.05) is 6.61 Å².